The maximum absolute atomic E-state index is 11.7. The van der Waals surface area contributed by atoms with E-state index < -0.39 is 0 Å². The third-order valence-electron chi connectivity index (χ3n) is 2.56. The molecule has 0 radical (unpaired) electrons. The lowest BCUT2D eigenvalue weighted by Gasteiger charge is -2.25. The van der Waals surface area contributed by atoms with Crippen LogP contribution in [0.25, 0.3) is 0 Å². The van der Waals surface area contributed by atoms with Gasteiger partial charge in [0.25, 0.3) is 0 Å². The van der Waals surface area contributed by atoms with Crippen LogP contribution in [0.3, 0.4) is 0 Å². The Morgan fingerprint density at radius 1 is 1.62 bits per heavy atom. The predicted molar refractivity (Wildman–Crippen MR) is 60.0 cm³/mol. The Balaban J connectivity index is 2.51. The molecule has 2 unspecified atom stereocenters. The molecule has 1 rings (SSSR count). The van der Waals surface area contributed by atoms with E-state index in [-0.39, 0.29) is 24.7 Å². The number of carbonyl (C=O) groups is 1. The van der Waals surface area contributed by atoms with Crippen molar-refractivity contribution < 1.29 is 14.3 Å². The fourth-order valence-electron chi connectivity index (χ4n) is 1.22. The van der Waals surface area contributed by atoms with E-state index in [2.05, 4.69) is 5.32 Å². The van der Waals surface area contributed by atoms with Gasteiger partial charge in [0.15, 0.2) is 0 Å². The van der Waals surface area contributed by atoms with Crippen LogP contribution in [-0.4, -0.2) is 35.7 Å². The molecule has 0 aliphatic rings. The summed E-state index contributed by atoms with van der Waals surface area (Å²) in [5, 5.41) is 11.7. The quantitative estimate of drug-likeness (QED) is 0.814. The normalized spacial score (nSPS) is 14.2. The van der Waals surface area contributed by atoms with Gasteiger partial charge in [0.1, 0.15) is 5.76 Å². The average molecular weight is 226 g/mol. The van der Waals surface area contributed by atoms with Crippen LogP contribution in [0.4, 0.5) is 4.79 Å². The number of likely N-dealkylation sites (N-methyl/N-ethyl adjacent to an activating group) is 1. The molecule has 1 heterocycles. The number of nitrogens with zero attached hydrogens (tertiary/aromatic N) is 1. The number of aliphatic hydroxyl groups excluding tert-OH is 1. The number of hydrogen-bond acceptors (Lipinski definition) is 3. The van der Waals surface area contributed by atoms with Gasteiger partial charge in [0.05, 0.1) is 25.0 Å². The Morgan fingerprint density at radius 2 is 2.31 bits per heavy atom. The molecule has 0 saturated heterocycles. The lowest BCUT2D eigenvalue weighted by atomic mass is 10.2. The van der Waals surface area contributed by atoms with E-state index in [1.54, 1.807) is 32.4 Å². The molecule has 0 fully saturated rings. The number of hydrogen-bond donors (Lipinski definition) is 2. The van der Waals surface area contributed by atoms with Crippen LogP contribution < -0.4 is 5.32 Å². The first-order valence-corrected chi connectivity index (χ1v) is 5.23. The number of furan rings is 1. The second-order valence-corrected chi connectivity index (χ2v) is 3.83. The van der Waals surface area contributed by atoms with E-state index in [0.29, 0.717) is 5.76 Å². The predicted octanol–water partition coefficient (Wildman–Crippen LogP) is 1.36. The molecule has 0 aliphatic heterocycles. The molecular weight excluding hydrogens is 208 g/mol. The van der Waals surface area contributed by atoms with E-state index in [0.717, 1.165) is 0 Å². The van der Waals surface area contributed by atoms with Crippen LogP contribution in [0.15, 0.2) is 22.8 Å². The summed E-state index contributed by atoms with van der Waals surface area (Å²) in [4.78, 5) is 13.2. The molecule has 0 aromatic carbocycles. The molecule has 0 spiro atoms. The minimum absolute atomic E-state index is 0.0565. The van der Waals surface area contributed by atoms with Crippen LogP contribution >= 0.6 is 0 Å². The molecule has 2 atom stereocenters. The second kappa shape index (κ2) is 5.55. The van der Waals surface area contributed by atoms with Gasteiger partial charge in [-0.25, -0.2) is 4.79 Å². The number of urea groups is 1. The van der Waals surface area contributed by atoms with Crippen molar-refractivity contribution in [3.8, 4) is 0 Å². The summed E-state index contributed by atoms with van der Waals surface area (Å²) < 4.78 is 5.18. The summed E-state index contributed by atoms with van der Waals surface area (Å²) in [5.74, 6) is 0.707. The first-order chi connectivity index (χ1) is 7.56. The minimum atomic E-state index is -0.231. The maximum atomic E-state index is 11.7. The highest BCUT2D eigenvalue weighted by Gasteiger charge is 2.18. The minimum Gasteiger partial charge on any atom is -0.467 e. The summed E-state index contributed by atoms with van der Waals surface area (Å²) in [6.07, 6.45) is 1.57. The van der Waals surface area contributed by atoms with Gasteiger partial charge < -0.3 is 19.7 Å². The second-order valence-electron chi connectivity index (χ2n) is 3.83. The molecule has 2 N–H and O–H groups in total. The van der Waals surface area contributed by atoms with Gasteiger partial charge in [0, 0.05) is 7.05 Å². The monoisotopic (exact) mass is 226 g/mol. The molecule has 5 nitrogen and oxygen atoms in total. The molecule has 0 saturated carbocycles. The third-order valence-corrected chi connectivity index (χ3v) is 2.56. The van der Waals surface area contributed by atoms with Crippen LogP contribution in [-0.2, 0) is 0 Å². The van der Waals surface area contributed by atoms with E-state index in [4.69, 9.17) is 9.52 Å². The molecule has 90 valence electrons. The van der Waals surface area contributed by atoms with Crippen molar-refractivity contribution in [1.82, 2.24) is 10.2 Å². The van der Waals surface area contributed by atoms with Gasteiger partial charge in [-0.2, -0.15) is 0 Å². The van der Waals surface area contributed by atoms with E-state index in [1.807, 2.05) is 6.92 Å². The smallest absolute Gasteiger partial charge is 0.318 e. The number of aliphatic hydroxyl groups is 1. The van der Waals surface area contributed by atoms with Crippen molar-refractivity contribution in [3.63, 3.8) is 0 Å². The van der Waals surface area contributed by atoms with Crippen molar-refractivity contribution in [2.75, 3.05) is 13.7 Å². The lowest BCUT2D eigenvalue weighted by Crippen LogP contribution is -2.44. The molecule has 1 aromatic rings. The number of amides is 2. The molecule has 0 aliphatic carbocycles. The number of nitrogens with one attached hydrogen (secondary N) is 1. The molecule has 1 aromatic heterocycles. The zero-order chi connectivity index (χ0) is 12.1. The summed E-state index contributed by atoms with van der Waals surface area (Å²) in [6.45, 7) is 3.56. The largest absolute Gasteiger partial charge is 0.467 e. The zero-order valence-corrected chi connectivity index (χ0v) is 9.80. The Kier molecular flexibility index (Phi) is 4.37. The van der Waals surface area contributed by atoms with Gasteiger partial charge in [0.2, 0.25) is 0 Å². The molecule has 2 amide bonds. The number of carbonyl (C=O) groups excluding carboxylic acids is 1. The lowest BCUT2D eigenvalue weighted by molar-refractivity contribution is 0.154. The summed E-state index contributed by atoms with van der Waals surface area (Å²) >= 11 is 0. The van der Waals surface area contributed by atoms with Crippen LogP contribution in [0.2, 0.25) is 0 Å². The topological polar surface area (TPSA) is 65.7 Å². The molecule has 5 heteroatoms. The van der Waals surface area contributed by atoms with Crippen LogP contribution in [0.5, 0.6) is 0 Å². The maximum Gasteiger partial charge on any atom is 0.318 e. The molecule has 0 bridgehead atoms. The van der Waals surface area contributed by atoms with Gasteiger partial charge in [-0.3, -0.25) is 0 Å². The summed E-state index contributed by atoms with van der Waals surface area (Å²) in [5.41, 5.74) is 0. The highest BCUT2D eigenvalue weighted by Crippen LogP contribution is 2.12. The third kappa shape index (κ3) is 3.00. The first-order valence-electron chi connectivity index (χ1n) is 5.23. The van der Waals surface area contributed by atoms with Crippen LogP contribution in [0, 0.1) is 0 Å². The summed E-state index contributed by atoms with van der Waals surface area (Å²) in [7, 11) is 1.64. The first kappa shape index (κ1) is 12.6. The fourth-order valence-corrected chi connectivity index (χ4v) is 1.22. The van der Waals surface area contributed by atoms with Gasteiger partial charge in [-0.15, -0.1) is 0 Å². The van der Waals surface area contributed by atoms with E-state index in [9.17, 15) is 4.79 Å². The van der Waals surface area contributed by atoms with Crippen molar-refractivity contribution >= 4 is 6.03 Å². The summed E-state index contributed by atoms with van der Waals surface area (Å²) in [6, 6.07) is 2.96. The zero-order valence-electron chi connectivity index (χ0n) is 9.80. The molecule has 16 heavy (non-hydrogen) atoms. The van der Waals surface area contributed by atoms with Gasteiger partial charge in [-0.05, 0) is 26.0 Å². The Hall–Kier alpha value is -1.49. The standard InChI is InChI=1S/C11H18N2O3/c1-8(7-14)13(3)11(15)12-9(2)10-5-4-6-16-10/h4-6,8-9,14H,7H2,1-3H3,(H,12,15). The Morgan fingerprint density at radius 3 is 2.81 bits per heavy atom. The Bertz CT molecular complexity index is 324. The van der Waals surface area contributed by atoms with Crippen molar-refractivity contribution in [2.45, 2.75) is 25.9 Å². The van der Waals surface area contributed by atoms with Crippen molar-refractivity contribution in [3.05, 3.63) is 24.2 Å². The SMILES string of the molecule is CC(NC(=O)N(C)C(C)CO)c1ccco1. The van der Waals surface area contributed by atoms with Crippen molar-refractivity contribution in [2.24, 2.45) is 0 Å². The highest BCUT2D eigenvalue weighted by atomic mass is 16.3. The number of rotatable bonds is 4. The average Bonchev–Trinajstić information content (AvgIpc) is 2.80. The van der Waals surface area contributed by atoms with Gasteiger partial charge >= 0.3 is 6.03 Å². The van der Waals surface area contributed by atoms with Crippen molar-refractivity contribution in [1.29, 1.82) is 0 Å². The van der Waals surface area contributed by atoms with Gasteiger partial charge in [-0.1, -0.05) is 0 Å². The van der Waals surface area contributed by atoms with E-state index >= 15 is 0 Å². The fraction of sp³-hybridized carbons (Fsp3) is 0.545. The van der Waals surface area contributed by atoms with Crippen LogP contribution in [0.1, 0.15) is 25.6 Å². The molecular formula is C11H18N2O3. The Labute approximate surface area is 95.0 Å². The highest BCUT2D eigenvalue weighted by molar-refractivity contribution is 5.74. The van der Waals surface area contributed by atoms with E-state index in [1.165, 1.54) is 4.90 Å².